The minimum atomic E-state index is 1.23. The first-order valence-electron chi connectivity index (χ1n) is 5.63. The standard InChI is InChI=1S/C12H10N2.C3H6/c1-14-11-5-3-2-4-9(11)10-8-13-7-6-12(10)14;1-3-2/h2-8H,1H3;3H,1H2,2H3. The maximum Gasteiger partial charge on any atom is 0.0519 e. The van der Waals surface area contributed by atoms with Crippen molar-refractivity contribution in [2.45, 2.75) is 6.92 Å². The first kappa shape index (κ1) is 11.4. The number of aromatic nitrogens is 2. The summed E-state index contributed by atoms with van der Waals surface area (Å²) < 4.78 is 2.20. The van der Waals surface area contributed by atoms with E-state index in [9.17, 15) is 0 Å². The van der Waals surface area contributed by atoms with Gasteiger partial charge in [-0.25, -0.2) is 0 Å². The van der Waals surface area contributed by atoms with Crippen LogP contribution in [0, 0.1) is 0 Å². The lowest BCUT2D eigenvalue weighted by atomic mass is 10.2. The molecule has 0 aliphatic rings. The van der Waals surface area contributed by atoms with E-state index in [1.54, 1.807) is 6.08 Å². The van der Waals surface area contributed by atoms with Crippen LogP contribution in [0.5, 0.6) is 0 Å². The number of hydrogen-bond acceptors (Lipinski definition) is 1. The molecule has 17 heavy (non-hydrogen) atoms. The Hall–Kier alpha value is -2.09. The Balaban J connectivity index is 0.000000329. The minimum absolute atomic E-state index is 1.23. The summed E-state index contributed by atoms with van der Waals surface area (Å²) in [7, 11) is 2.09. The molecule has 0 radical (unpaired) electrons. The van der Waals surface area contributed by atoms with Crippen LogP contribution in [0.3, 0.4) is 0 Å². The molecule has 2 heteroatoms. The molecule has 0 saturated carbocycles. The Morgan fingerprint density at radius 3 is 2.53 bits per heavy atom. The highest BCUT2D eigenvalue weighted by Crippen LogP contribution is 2.26. The van der Waals surface area contributed by atoms with Gasteiger partial charge in [0.25, 0.3) is 0 Å². The van der Waals surface area contributed by atoms with Crippen molar-refractivity contribution in [2.75, 3.05) is 0 Å². The molecule has 0 bridgehead atoms. The predicted octanol–water partition coefficient (Wildman–Crippen LogP) is 3.92. The van der Waals surface area contributed by atoms with Gasteiger partial charge in [0, 0.05) is 35.7 Å². The second-order valence-electron chi connectivity index (χ2n) is 3.88. The van der Waals surface area contributed by atoms with Crippen LogP contribution >= 0.6 is 0 Å². The van der Waals surface area contributed by atoms with Gasteiger partial charge in [0.2, 0.25) is 0 Å². The summed E-state index contributed by atoms with van der Waals surface area (Å²) >= 11 is 0. The lowest BCUT2D eigenvalue weighted by Gasteiger charge is -1.95. The van der Waals surface area contributed by atoms with Crippen LogP contribution < -0.4 is 0 Å². The zero-order valence-corrected chi connectivity index (χ0v) is 10.2. The summed E-state index contributed by atoms with van der Waals surface area (Å²) in [6.45, 7) is 5.25. The normalized spacial score (nSPS) is 10.0. The summed E-state index contributed by atoms with van der Waals surface area (Å²) in [6, 6.07) is 10.5. The molecule has 0 spiro atoms. The van der Waals surface area contributed by atoms with Crippen molar-refractivity contribution in [1.82, 2.24) is 9.55 Å². The Labute approximate surface area is 101 Å². The van der Waals surface area contributed by atoms with E-state index in [1.807, 2.05) is 19.3 Å². The smallest absolute Gasteiger partial charge is 0.0519 e. The van der Waals surface area contributed by atoms with Crippen molar-refractivity contribution in [2.24, 2.45) is 7.05 Å². The van der Waals surface area contributed by atoms with Crippen LogP contribution in [0.2, 0.25) is 0 Å². The molecule has 0 atom stereocenters. The first-order chi connectivity index (χ1) is 8.29. The average molecular weight is 224 g/mol. The third-order valence-corrected chi connectivity index (χ3v) is 2.71. The lowest BCUT2D eigenvalue weighted by molar-refractivity contribution is 1.01. The molecule has 2 aromatic heterocycles. The second-order valence-corrected chi connectivity index (χ2v) is 3.88. The van der Waals surface area contributed by atoms with Crippen molar-refractivity contribution in [1.29, 1.82) is 0 Å². The maximum atomic E-state index is 4.16. The van der Waals surface area contributed by atoms with Gasteiger partial charge in [0.1, 0.15) is 0 Å². The van der Waals surface area contributed by atoms with Crippen LogP contribution in [0.1, 0.15) is 6.92 Å². The van der Waals surface area contributed by atoms with E-state index in [2.05, 4.69) is 53.5 Å². The Bertz CT molecular complexity index is 597. The zero-order valence-electron chi connectivity index (χ0n) is 10.2. The second kappa shape index (κ2) is 4.83. The molecular weight excluding hydrogens is 208 g/mol. The van der Waals surface area contributed by atoms with Gasteiger partial charge in [-0.15, -0.1) is 6.58 Å². The third-order valence-electron chi connectivity index (χ3n) is 2.71. The predicted molar refractivity (Wildman–Crippen MR) is 74.1 cm³/mol. The molecule has 2 heterocycles. The van der Waals surface area contributed by atoms with Crippen LogP contribution in [0.25, 0.3) is 21.8 Å². The van der Waals surface area contributed by atoms with Gasteiger partial charge < -0.3 is 4.57 Å². The molecule has 3 rings (SSSR count). The maximum absolute atomic E-state index is 4.16. The molecule has 0 aliphatic carbocycles. The molecule has 3 aromatic rings. The van der Waals surface area contributed by atoms with E-state index in [0.29, 0.717) is 0 Å². The monoisotopic (exact) mass is 224 g/mol. The highest BCUT2D eigenvalue weighted by Gasteiger charge is 2.05. The van der Waals surface area contributed by atoms with Crippen LogP contribution in [-0.4, -0.2) is 9.55 Å². The van der Waals surface area contributed by atoms with Gasteiger partial charge in [-0.05, 0) is 19.1 Å². The van der Waals surface area contributed by atoms with E-state index >= 15 is 0 Å². The minimum Gasteiger partial charge on any atom is -0.344 e. The summed E-state index contributed by atoms with van der Waals surface area (Å²) in [5.41, 5.74) is 2.50. The van der Waals surface area contributed by atoms with Crippen molar-refractivity contribution < 1.29 is 0 Å². The van der Waals surface area contributed by atoms with Gasteiger partial charge >= 0.3 is 0 Å². The van der Waals surface area contributed by atoms with Gasteiger partial charge in [0.05, 0.1) is 5.52 Å². The summed E-state index contributed by atoms with van der Waals surface area (Å²) in [6.07, 6.45) is 5.51. The number of aryl methyl sites for hydroxylation is 1. The number of fused-ring (bicyclic) bond motifs is 3. The largest absolute Gasteiger partial charge is 0.344 e. The molecule has 1 aromatic carbocycles. The van der Waals surface area contributed by atoms with E-state index in [4.69, 9.17) is 0 Å². The van der Waals surface area contributed by atoms with E-state index in [-0.39, 0.29) is 0 Å². The molecule has 2 nitrogen and oxygen atoms in total. The zero-order chi connectivity index (χ0) is 12.3. The van der Waals surface area contributed by atoms with Gasteiger partial charge in [-0.2, -0.15) is 0 Å². The third kappa shape index (κ3) is 1.94. The van der Waals surface area contributed by atoms with Crippen LogP contribution in [0.4, 0.5) is 0 Å². The number of nitrogens with zero attached hydrogens (tertiary/aromatic N) is 2. The van der Waals surface area contributed by atoms with E-state index < -0.39 is 0 Å². The molecule has 0 N–H and O–H groups in total. The van der Waals surface area contributed by atoms with Crippen molar-refractivity contribution in [3.05, 3.63) is 55.4 Å². The number of rotatable bonds is 0. The Morgan fingerprint density at radius 1 is 1.12 bits per heavy atom. The topological polar surface area (TPSA) is 17.8 Å². The van der Waals surface area contributed by atoms with Crippen LogP contribution in [-0.2, 0) is 7.05 Å². The number of para-hydroxylation sites is 1. The molecule has 86 valence electrons. The summed E-state index contributed by atoms with van der Waals surface area (Å²) in [5, 5.41) is 2.50. The molecule has 0 unspecified atom stereocenters. The fourth-order valence-corrected chi connectivity index (χ4v) is 2.01. The fraction of sp³-hybridized carbons (Fsp3) is 0.133. The molecule has 0 aliphatic heterocycles. The number of allylic oxidation sites excluding steroid dienone is 1. The lowest BCUT2D eigenvalue weighted by Crippen LogP contribution is -1.85. The number of pyridine rings is 1. The van der Waals surface area contributed by atoms with Crippen molar-refractivity contribution in [3.63, 3.8) is 0 Å². The highest BCUT2D eigenvalue weighted by molar-refractivity contribution is 6.07. The number of benzene rings is 1. The van der Waals surface area contributed by atoms with Gasteiger partial charge in [-0.1, -0.05) is 24.3 Å². The quantitative estimate of drug-likeness (QED) is 0.529. The summed E-state index contributed by atoms with van der Waals surface area (Å²) in [5.74, 6) is 0. The SMILES string of the molecule is C=CC.Cn1c2ccccc2c2cnccc21. The van der Waals surface area contributed by atoms with Crippen molar-refractivity contribution >= 4 is 21.8 Å². The highest BCUT2D eigenvalue weighted by atomic mass is 14.9. The molecule has 0 fully saturated rings. The molecule has 0 amide bonds. The Kier molecular flexibility index (Phi) is 3.24. The number of hydrogen-bond donors (Lipinski definition) is 0. The summed E-state index contributed by atoms with van der Waals surface area (Å²) in [4.78, 5) is 4.16. The van der Waals surface area contributed by atoms with Gasteiger partial charge in [0.15, 0.2) is 0 Å². The van der Waals surface area contributed by atoms with Gasteiger partial charge in [-0.3, -0.25) is 4.98 Å². The van der Waals surface area contributed by atoms with E-state index in [1.165, 1.54) is 21.8 Å². The molecule has 0 saturated heterocycles. The fourth-order valence-electron chi connectivity index (χ4n) is 2.01. The Morgan fingerprint density at radius 2 is 1.76 bits per heavy atom. The van der Waals surface area contributed by atoms with Crippen LogP contribution in [0.15, 0.2) is 55.4 Å². The average Bonchev–Trinajstić information content (AvgIpc) is 2.66. The molecular formula is C15H16N2. The van der Waals surface area contributed by atoms with E-state index in [0.717, 1.165) is 0 Å². The van der Waals surface area contributed by atoms with Crippen molar-refractivity contribution in [3.8, 4) is 0 Å². The first-order valence-corrected chi connectivity index (χ1v) is 5.63.